The third-order valence-corrected chi connectivity index (χ3v) is 6.53. The smallest absolute Gasteiger partial charge is 0.320 e. The zero-order valence-corrected chi connectivity index (χ0v) is 16.9. The topological polar surface area (TPSA) is 74.3 Å². The number of piperidine rings is 1. The van der Waals surface area contributed by atoms with Gasteiger partial charge >= 0.3 is 6.03 Å². The standard InChI is InChI=1S/C20H25ClN4O4/c21-19-15(23-6-2-7-23)3-1-4-17(19)29-13-9-25(10-13)20(27)24-8-5-16-14(11-24)22-18(26)12-28-16/h1,3-4,13-14,16H,2,5-12H2,(H,22,26)/t14-,16+/m1/s1. The Kier molecular flexibility index (Phi) is 4.91. The minimum atomic E-state index is -0.120. The Morgan fingerprint density at radius 2 is 2.00 bits per heavy atom. The number of likely N-dealkylation sites (tertiary alicyclic amines) is 2. The van der Waals surface area contributed by atoms with E-state index in [2.05, 4.69) is 10.2 Å². The lowest BCUT2D eigenvalue weighted by Crippen LogP contribution is -2.65. The average Bonchev–Trinajstić information content (AvgIpc) is 2.64. The summed E-state index contributed by atoms with van der Waals surface area (Å²) in [7, 11) is 0. The van der Waals surface area contributed by atoms with Crippen molar-refractivity contribution in [2.24, 2.45) is 0 Å². The summed E-state index contributed by atoms with van der Waals surface area (Å²) in [5.41, 5.74) is 1.02. The summed E-state index contributed by atoms with van der Waals surface area (Å²) < 4.78 is 11.6. The van der Waals surface area contributed by atoms with Crippen LogP contribution >= 0.6 is 11.6 Å². The summed E-state index contributed by atoms with van der Waals surface area (Å²) in [6, 6.07) is 5.73. The molecule has 1 aromatic carbocycles. The van der Waals surface area contributed by atoms with Crippen LogP contribution in [-0.2, 0) is 9.53 Å². The van der Waals surface area contributed by atoms with Crippen molar-refractivity contribution in [3.05, 3.63) is 23.2 Å². The first-order chi connectivity index (χ1) is 14.1. The third-order valence-electron chi connectivity index (χ3n) is 6.15. The normalized spacial score (nSPS) is 26.9. The molecule has 4 fully saturated rings. The number of nitrogens with one attached hydrogen (secondary N) is 1. The predicted molar refractivity (Wildman–Crippen MR) is 108 cm³/mol. The van der Waals surface area contributed by atoms with Gasteiger partial charge in [0, 0.05) is 26.2 Å². The molecule has 0 spiro atoms. The molecule has 8 nitrogen and oxygen atoms in total. The largest absolute Gasteiger partial charge is 0.485 e. The highest BCUT2D eigenvalue weighted by Gasteiger charge is 2.40. The molecule has 0 radical (unpaired) electrons. The molecule has 156 valence electrons. The molecule has 29 heavy (non-hydrogen) atoms. The molecule has 4 aliphatic rings. The maximum Gasteiger partial charge on any atom is 0.320 e. The highest BCUT2D eigenvalue weighted by atomic mass is 35.5. The lowest BCUT2D eigenvalue weighted by molar-refractivity contribution is -0.139. The molecule has 0 saturated carbocycles. The van der Waals surface area contributed by atoms with Crippen molar-refractivity contribution in [2.75, 3.05) is 50.8 Å². The lowest BCUT2D eigenvalue weighted by Gasteiger charge is -2.46. The maximum atomic E-state index is 12.8. The van der Waals surface area contributed by atoms with Gasteiger partial charge in [0.15, 0.2) is 0 Å². The Morgan fingerprint density at radius 1 is 1.17 bits per heavy atom. The lowest BCUT2D eigenvalue weighted by atomic mass is 10.0. The van der Waals surface area contributed by atoms with Gasteiger partial charge in [-0.25, -0.2) is 4.79 Å². The molecule has 0 unspecified atom stereocenters. The van der Waals surface area contributed by atoms with Gasteiger partial charge in [0.25, 0.3) is 0 Å². The van der Waals surface area contributed by atoms with Gasteiger partial charge in [-0.3, -0.25) is 4.79 Å². The van der Waals surface area contributed by atoms with Gasteiger partial charge in [0.1, 0.15) is 23.5 Å². The molecule has 3 amide bonds. The molecular formula is C20H25ClN4O4. The Labute approximate surface area is 174 Å². The highest BCUT2D eigenvalue weighted by molar-refractivity contribution is 6.34. The summed E-state index contributed by atoms with van der Waals surface area (Å²) in [5, 5.41) is 3.58. The molecule has 0 aromatic heterocycles. The second-order valence-corrected chi connectivity index (χ2v) is 8.49. The van der Waals surface area contributed by atoms with Crippen molar-refractivity contribution in [2.45, 2.75) is 31.1 Å². The average molecular weight is 421 g/mol. The molecule has 0 bridgehead atoms. The van der Waals surface area contributed by atoms with Crippen LogP contribution in [0, 0.1) is 0 Å². The van der Waals surface area contributed by atoms with Gasteiger partial charge in [-0.1, -0.05) is 17.7 Å². The summed E-state index contributed by atoms with van der Waals surface area (Å²) >= 11 is 6.54. The number of amides is 3. The minimum absolute atomic E-state index is 0.00467. The molecule has 1 aromatic rings. The molecule has 4 saturated heterocycles. The molecule has 0 aliphatic carbocycles. The number of hydrogen-bond acceptors (Lipinski definition) is 5. The van der Waals surface area contributed by atoms with Crippen molar-refractivity contribution in [3.8, 4) is 5.75 Å². The van der Waals surface area contributed by atoms with Crippen LogP contribution < -0.4 is 15.0 Å². The second kappa shape index (κ2) is 7.57. The van der Waals surface area contributed by atoms with Crippen LogP contribution in [0.3, 0.4) is 0 Å². The predicted octanol–water partition coefficient (Wildman–Crippen LogP) is 1.32. The van der Waals surface area contributed by atoms with Crippen LogP contribution in [0.5, 0.6) is 5.75 Å². The van der Waals surface area contributed by atoms with Crippen molar-refractivity contribution >= 4 is 29.2 Å². The van der Waals surface area contributed by atoms with E-state index in [1.165, 1.54) is 6.42 Å². The fourth-order valence-electron chi connectivity index (χ4n) is 4.31. The van der Waals surface area contributed by atoms with Gasteiger partial charge in [-0.15, -0.1) is 0 Å². The number of morpholine rings is 1. The summed E-state index contributed by atoms with van der Waals surface area (Å²) in [4.78, 5) is 30.2. The van der Waals surface area contributed by atoms with Gasteiger partial charge in [-0.05, 0) is 25.0 Å². The molecular weight excluding hydrogens is 396 g/mol. The van der Waals surface area contributed by atoms with Gasteiger partial charge in [0.05, 0.1) is 30.9 Å². The second-order valence-electron chi connectivity index (χ2n) is 8.12. The quantitative estimate of drug-likeness (QED) is 0.798. The number of fused-ring (bicyclic) bond motifs is 1. The van der Waals surface area contributed by atoms with Gasteiger partial charge in [0.2, 0.25) is 5.91 Å². The third kappa shape index (κ3) is 3.59. The fourth-order valence-corrected chi connectivity index (χ4v) is 4.60. The van der Waals surface area contributed by atoms with Crippen LogP contribution in [0.4, 0.5) is 10.5 Å². The Hall–Kier alpha value is -2.19. The maximum absolute atomic E-state index is 12.8. The van der Waals surface area contributed by atoms with E-state index in [4.69, 9.17) is 21.1 Å². The Morgan fingerprint density at radius 3 is 2.76 bits per heavy atom. The molecule has 1 N–H and O–H groups in total. The molecule has 4 heterocycles. The molecule has 4 aliphatic heterocycles. The van der Waals surface area contributed by atoms with E-state index < -0.39 is 0 Å². The van der Waals surface area contributed by atoms with E-state index in [-0.39, 0.29) is 36.8 Å². The SMILES string of the molecule is O=C1CO[C@H]2CCN(C(=O)N3CC(Oc4cccc(N5CCC5)c4Cl)C3)C[C@H]2N1. The van der Waals surface area contributed by atoms with Crippen molar-refractivity contribution in [1.82, 2.24) is 15.1 Å². The first kappa shape index (κ1) is 18.8. The van der Waals surface area contributed by atoms with Crippen LogP contribution in [-0.4, -0.2) is 85.9 Å². The van der Waals surface area contributed by atoms with Crippen LogP contribution in [0.25, 0.3) is 0 Å². The first-order valence-corrected chi connectivity index (χ1v) is 10.6. The number of carbonyl (C=O) groups is 2. The number of nitrogens with zero attached hydrogens (tertiary/aromatic N) is 3. The molecule has 5 rings (SSSR count). The van der Waals surface area contributed by atoms with Gasteiger partial charge < -0.3 is 29.5 Å². The number of hydrogen-bond donors (Lipinski definition) is 1. The van der Waals surface area contributed by atoms with E-state index in [1.54, 1.807) is 9.80 Å². The van der Waals surface area contributed by atoms with E-state index in [0.29, 0.717) is 37.0 Å². The van der Waals surface area contributed by atoms with Gasteiger partial charge in [-0.2, -0.15) is 0 Å². The van der Waals surface area contributed by atoms with Crippen molar-refractivity contribution in [1.29, 1.82) is 0 Å². The molecule has 9 heteroatoms. The number of rotatable bonds is 3. The number of carbonyl (C=O) groups excluding carboxylic acids is 2. The zero-order valence-electron chi connectivity index (χ0n) is 16.2. The number of benzene rings is 1. The Bertz CT molecular complexity index is 812. The fraction of sp³-hybridized carbons (Fsp3) is 0.600. The van der Waals surface area contributed by atoms with Crippen LogP contribution in [0.2, 0.25) is 5.02 Å². The molecule has 2 atom stereocenters. The van der Waals surface area contributed by atoms with Crippen LogP contribution in [0.15, 0.2) is 18.2 Å². The summed E-state index contributed by atoms with van der Waals surface area (Å²) in [6.07, 6.45) is 1.88. The monoisotopic (exact) mass is 420 g/mol. The summed E-state index contributed by atoms with van der Waals surface area (Å²) in [5.74, 6) is 0.561. The summed E-state index contributed by atoms with van der Waals surface area (Å²) in [6.45, 7) is 4.37. The highest BCUT2D eigenvalue weighted by Crippen LogP contribution is 2.37. The number of ether oxygens (including phenoxy) is 2. The van der Waals surface area contributed by atoms with E-state index in [1.807, 2.05) is 18.2 Å². The Balaban J connectivity index is 1.14. The van der Waals surface area contributed by atoms with Crippen molar-refractivity contribution in [3.63, 3.8) is 0 Å². The minimum Gasteiger partial charge on any atom is -0.485 e. The number of halogens is 1. The van der Waals surface area contributed by atoms with Crippen LogP contribution in [0.1, 0.15) is 12.8 Å². The number of urea groups is 1. The number of anilines is 1. The van der Waals surface area contributed by atoms with Crippen molar-refractivity contribution < 1.29 is 19.1 Å². The zero-order chi connectivity index (χ0) is 20.0. The van der Waals surface area contributed by atoms with E-state index in [0.717, 1.165) is 25.2 Å². The van der Waals surface area contributed by atoms with E-state index in [9.17, 15) is 9.59 Å². The van der Waals surface area contributed by atoms with E-state index >= 15 is 0 Å². The first-order valence-electron chi connectivity index (χ1n) is 10.2.